The zero-order valence-electron chi connectivity index (χ0n) is 30.4. The Hall–Kier alpha value is -4.31. The number of hydrogen-bond acceptors (Lipinski definition) is 3. The summed E-state index contributed by atoms with van der Waals surface area (Å²) in [4.78, 5) is 4.65. The van der Waals surface area contributed by atoms with Crippen molar-refractivity contribution in [3.8, 4) is 5.75 Å². The predicted molar refractivity (Wildman–Crippen MR) is 204 cm³/mol. The molecule has 0 N–H and O–H groups in total. The maximum atomic E-state index is 6.90. The molecule has 250 valence electrons. The topological polar surface area (TPSA) is 18.7 Å². The minimum Gasteiger partial charge on any atom is -0.457 e. The second-order valence-electron chi connectivity index (χ2n) is 14.7. The second-order valence-corrected chi connectivity index (χ2v) is 14.7. The quantitative estimate of drug-likeness (QED) is 0.206. The average Bonchev–Trinajstić information content (AvgIpc) is 3.42. The van der Waals surface area contributed by atoms with E-state index in [1.54, 1.807) is 0 Å². The molecule has 0 bridgehead atoms. The highest BCUT2D eigenvalue weighted by atomic mass is 16.5. The van der Waals surface area contributed by atoms with Gasteiger partial charge in [-0.15, -0.1) is 0 Å². The van der Waals surface area contributed by atoms with Crippen LogP contribution < -0.4 is 14.5 Å². The normalized spacial score (nSPS) is 19.9. The summed E-state index contributed by atoms with van der Waals surface area (Å²) in [5, 5.41) is 0. The van der Waals surface area contributed by atoms with Crippen molar-refractivity contribution >= 4 is 22.8 Å². The number of rotatable bonds is 10. The van der Waals surface area contributed by atoms with Crippen LogP contribution in [0.5, 0.6) is 5.75 Å². The molecular weight excluding hydrogens is 587 g/mol. The summed E-state index contributed by atoms with van der Waals surface area (Å²) in [5.41, 5.74) is 11.7. The van der Waals surface area contributed by atoms with Crippen molar-refractivity contribution in [2.45, 2.75) is 84.5 Å². The highest BCUT2D eigenvalue weighted by Gasteiger charge is 2.44. The smallest absolute Gasteiger partial charge is 0.209 e. The molecule has 0 atom stereocenters. The summed E-state index contributed by atoms with van der Waals surface area (Å²) in [7, 11) is 4.15. The third-order valence-corrected chi connectivity index (χ3v) is 10.4. The number of fused-ring (bicyclic) bond motifs is 2. The Kier molecular flexibility index (Phi) is 9.56. The van der Waals surface area contributed by atoms with Crippen molar-refractivity contribution in [1.82, 2.24) is 0 Å². The van der Waals surface area contributed by atoms with E-state index >= 15 is 0 Å². The molecule has 48 heavy (non-hydrogen) atoms. The van der Waals surface area contributed by atoms with Crippen LogP contribution in [0.25, 0.3) is 0 Å². The number of hydrogen-bond donors (Lipinski definition) is 0. The first kappa shape index (κ1) is 33.6. The van der Waals surface area contributed by atoms with Gasteiger partial charge in [0, 0.05) is 67.3 Å². The summed E-state index contributed by atoms with van der Waals surface area (Å²) in [5.74, 6) is 1.87. The molecule has 3 aromatic carbocycles. The Morgan fingerprint density at radius 3 is 2.21 bits per heavy atom. The van der Waals surface area contributed by atoms with Crippen LogP contribution in [0.4, 0.5) is 17.1 Å². The Morgan fingerprint density at radius 1 is 0.792 bits per heavy atom. The number of para-hydroxylation sites is 2. The molecule has 0 spiro atoms. The second kappa shape index (κ2) is 13.7. The van der Waals surface area contributed by atoms with E-state index in [1.165, 1.54) is 45.1 Å². The number of benzene rings is 3. The number of allylic oxidation sites excluding steroid dienone is 7. The summed E-state index contributed by atoms with van der Waals surface area (Å²) in [6.45, 7) is 16.0. The Morgan fingerprint density at radius 2 is 1.50 bits per heavy atom. The molecule has 0 fully saturated rings. The summed E-state index contributed by atoms with van der Waals surface area (Å²) < 4.78 is 9.42. The van der Waals surface area contributed by atoms with Crippen molar-refractivity contribution in [2.24, 2.45) is 0 Å². The third-order valence-electron chi connectivity index (χ3n) is 10.4. The van der Waals surface area contributed by atoms with Gasteiger partial charge in [-0.05, 0) is 98.7 Å². The SMILES string of the molecule is CCCN1C(=CC=C2CCCC(C=CC3=[N+](CCC)c4ccccc4C3(C)C)=C2Oc2ccc(N(C)C)cc2)C(C)(C)c2ccccc21. The van der Waals surface area contributed by atoms with Gasteiger partial charge in [0.1, 0.15) is 18.1 Å². The van der Waals surface area contributed by atoms with E-state index in [2.05, 4.69) is 167 Å². The summed E-state index contributed by atoms with van der Waals surface area (Å²) in [6.07, 6.45) is 14.7. The highest BCUT2D eigenvalue weighted by molar-refractivity contribution is 6.03. The fraction of sp³-hybridized carbons (Fsp3) is 0.386. The summed E-state index contributed by atoms with van der Waals surface area (Å²) in [6, 6.07) is 26.3. The van der Waals surface area contributed by atoms with Gasteiger partial charge in [-0.2, -0.15) is 4.58 Å². The maximum Gasteiger partial charge on any atom is 0.209 e. The van der Waals surface area contributed by atoms with Gasteiger partial charge in [0.15, 0.2) is 5.71 Å². The molecule has 0 saturated heterocycles. The van der Waals surface area contributed by atoms with Gasteiger partial charge in [-0.1, -0.05) is 70.2 Å². The van der Waals surface area contributed by atoms with E-state index in [0.29, 0.717) is 0 Å². The molecule has 0 aromatic heterocycles. The van der Waals surface area contributed by atoms with Crippen LogP contribution in [0.2, 0.25) is 0 Å². The van der Waals surface area contributed by atoms with Crippen LogP contribution in [0, 0.1) is 0 Å². The molecule has 3 aromatic rings. The standard InChI is InChI=1S/C44H54N3O/c1-9-30-46-38-20-13-11-18-36(38)43(3,4)40(46)28-22-32-16-15-17-33(42(32)48-35-26-24-34(25-27-35)45(7)8)23-29-41-44(5,6)37-19-12-14-21-39(37)47(41)31-10-2/h11-14,18-29H,9-10,15-17,30-31H2,1-8H3/q+1. The van der Waals surface area contributed by atoms with Crippen molar-refractivity contribution in [3.05, 3.63) is 131 Å². The zero-order chi connectivity index (χ0) is 34.1. The molecule has 0 unspecified atom stereocenters. The van der Waals surface area contributed by atoms with E-state index in [0.717, 1.165) is 62.4 Å². The van der Waals surface area contributed by atoms with Crippen LogP contribution in [0.15, 0.2) is 120 Å². The monoisotopic (exact) mass is 640 g/mol. The van der Waals surface area contributed by atoms with Gasteiger partial charge >= 0.3 is 0 Å². The molecule has 2 heterocycles. The first-order valence-electron chi connectivity index (χ1n) is 18.0. The van der Waals surface area contributed by atoms with Crippen LogP contribution in [-0.2, 0) is 10.8 Å². The molecular formula is C44H54N3O+. The Bertz CT molecular complexity index is 1810. The lowest BCUT2D eigenvalue weighted by atomic mass is 9.81. The average molecular weight is 641 g/mol. The Labute approximate surface area is 289 Å². The van der Waals surface area contributed by atoms with E-state index in [1.807, 2.05) is 0 Å². The highest BCUT2D eigenvalue weighted by Crippen LogP contribution is 2.48. The lowest BCUT2D eigenvalue weighted by Crippen LogP contribution is -2.28. The van der Waals surface area contributed by atoms with E-state index < -0.39 is 0 Å². The fourth-order valence-electron chi connectivity index (χ4n) is 7.85. The molecule has 2 aliphatic heterocycles. The lowest BCUT2D eigenvalue weighted by Gasteiger charge is -2.27. The molecule has 0 saturated carbocycles. The van der Waals surface area contributed by atoms with Gasteiger partial charge in [-0.25, -0.2) is 0 Å². The molecule has 0 amide bonds. The van der Waals surface area contributed by atoms with E-state index in [-0.39, 0.29) is 10.8 Å². The molecule has 1 aliphatic carbocycles. The van der Waals surface area contributed by atoms with E-state index in [9.17, 15) is 0 Å². The lowest BCUT2D eigenvalue weighted by molar-refractivity contribution is -0.437. The van der Waals surface area contributed by atoms with Gasteiger partial charge in [0.05, 0.1) is 5.41 Å². The van der Waals surface area contributed by atoms with Gasteiger partial charge in [-0.3, -0.25) is 0 Å². The molecule has 0 radical (unpaired) electrons. The van der Waals surface area contributed by atoms with Crippen LogP contribution in [0.3, 0.4) is 0 Å². The van der Waals surface area contributed by atoms with Crippen molar-refractivity contribution in [3.63, 3.8) is 0 Å². The first-order chi connectivity index (χ1) is 23.1. The van der Waals surface area contributed by atoms with Crippen molar-refractivity contribution < 1.29 is 9.31 Å². The van der Waals surface area contributed by atoms with Crippen LogP contribution >= 0.6 is 0 Å². The van der Waals surface area contributed by atoms with Crippen molar-refractivity contribution in [1.29, 1.82) is 0 Å². The predicted octanol–water partition coefficient (Wildman–Crippen LogP) is 10.6. The van der Waals surface area contributed by atoms with Crippen LogP contribution in [-0.4, -0.2) is 37.5 Å². The molecule has 3 aliphatic rings. The fourth-order valence-corrected chi connectivity index (χ4v) is 7.85. The minimum absolute atomic E-state index is 0.0740. The maximum absolute atomic E-state index is 6.90. The van der Waals surface area contributed by atoms with E-state index in [4.69, 9.17) is 4.74 Å². The zero-order valence-corrected chi connectivity index (χ0v) is 30.4. The molecule has 4 nitrogen and oxygen atoms in total. The Balaban J connectivity index is 1.45. The third kappa shape index (κ3) is 6.18. The van der Waals surface area contributed by atoms with Gasteiger partial charge < -0.3 is 14.5 Å². The number of anilines is 2. The van der Waals surface area contributed by atoms with Crippen molar-refractivity contribution in [2.75, 3.05) is 37.0 Å². The minimum atomic E-state index is -0.0740. The first-order valence-corrected chi connectivity index (χ1v) is 18.0. The van der Waals surface area contributed by atoms with Crippen LogP contribution in [0.1, 0.15) is 84.8 Å². The number of ether oxygens (including phenoxy) is 1. The van der Waals surface area contributed by atoms with Gasteiger partial charge in [0.2, 0.25) is 5.69 Å². The largest absolute Gasteiger partial charge is 0.457 e. The number of nitrogens with zero attached hydrogens (tertiary/aromatic N) is 3. The molecule has 6 rings (SSSR count). The van der Waals surface area contributed by atoms with Gasteiger partial charge in [0.25, 0.3) is 0 Å². The summed E-state index contributed by atoms with van der Waals surface area (Å²) >= 11 is 0. The molecule has 4 heteroatoms.